The quantitative estimate of drug-likeness (QED) is 0.869. The van der Waals surface area contributed by atoms with Gasteiger partial charge in [0.2, 0.25) is 11.9 Å². The lowest BCUT2D eigenvalue weighted by Gasteiger charge is -2.17. The molecule has 0 amide bonds. The lowest BCUT2D eigenvalue weighted by Crippen LogP contribution is -2.24. The molecule has 118 valence electrons. The minimum absolute atomic E-state index is 0.242. The van der Waals surface area contributed by atoms with E-state index in [1.807, 2.05) is 11.8 Å². The summed E-state index contributed by atoms with van der Waals surface area (Å²) in [4.78, 5) is 14.0. The van der Waals surface area contributed by atoms with Crippen molar-refractivity contribution in [2.75, 3.05) is 36.5 Å². The predicted molar refractivity (Wildman–Crippen MR) is 71.6 cm³/mol. The Balaban J connectivity index is 2.15. The Morgan fingerprint density at radius 1 is 1.19 bits per heavy atom. The van der Waals surface area contributed by atoms with E-state index in [4.69, 9.17) is 0 Å². The van der Waals surface area contributed by atoms with E-state index in [0.29, 0.717) is 12.5 Å². The van der Waals surface area contributed by atoms with Gasteiger partial charge in [-0.2, -0.15) is 28.1 Å². The number of hydrogen-bond acceptors (Lipinski definition) is 6. The van der Waals surface area contributed by atoms with Gasteiger partial charge in [-0.05, 0) is 19.3 Å². The SMILES string of the molecule is CCCNc1nc(OCC(F)(F)F)nc(N2CCCC2)n1. The van der Waals surface area contributed by atoms with Crippen LogP contribution in [0.3, 0.4) is 0 Å². The van der Waals surface area contributed by atoms with Gasteiger partial charge in [0.05, 0.1) is 0 Å². The zero-order valence-electron chi connectivity index (χ0n) is 11.8. The van der Waals surface area contributed by atoms with E-state index in [0.717, 1.165) is 32.4 Å². The van der Waals surface area contributed by atoms with Gasteiger partial charge in [0.25, 0.3) is 0 Å². The summed E-state index contributed by atoms with van der Waals surface area (Å²) < 4.78 is 41.3. The van der Waals surface area contributed by atoms with E-state index in [9.17, 15) is 13.2 Å². The third-order valence-electron chi connectivity index (χ3n) is 2.89. The molecule has 1 aliphatic rings. The zero-order valence-corrected chi connectivity index (χ0v) is 11.8. The lowest BCUT2D eigenvalue weighted by molar-refractivity contribution is -0.154. The van der Waals surface area contributed by atoms with Crippen LogP contribution in [0.4, 0.5) is 25.1 Å². The molecular weight excluding hydrogens is 287 g/mol. The molecule has 1 saturated heterocycles. The van der Waals surface area contributed by atoms with Crippen LogP contribution in [0.2, 0.25) is 0 Å². The topological polar surface area (TPSA) is 63.2 Å². The molecule has 1 aliphatic heterocycles. The number of anilines is 2. The minimum Gasteiger partial charge on any atom is -0.454 e. The summed E-state index contributed by atoms with van der Waals surface area (Å²) in [5, 5.41) is 2.95. The molecule has 1 aromatic rings. The Bertz CT molecular complexity index is 463. The summed E-state index contributed by atoms with van der Waals surface area (Å²) in [7, 11) is 0. The number of nitrogens with zero attached hydrogens (tertiary/aromatic N) is 4. The summed E-state index contributed by atoms with van der Waals surface area (Å²) in [6.45, 7) is 2.76. The number of alkyl halides is 3. The van der Waals surface area contributed by atoms with E-state index < -0.39 is 12.8 Å². The first-order chi connectivity index (χ1) is 9.98. The van der Waals surface area contributed by atoms with E-state index in [2.05, 4.69) is 25.0 Å². The molecule has 21 heavy (non-hydrogen) atoms. The molecule has 2 rings (SSSR count). The highest BCUT2D eigenvalue weighted by atomic mass is 19.4. The molecule has 9 heteroatoms. The van der Waals surface area contributed by atoms with Crippen LogP contribution >= 0.6 is 0 Å². The number of ether oxygens (including phenoxy) is 1. The number of hydrogen-bond donors (Lipinski definition) is 1. The number of halogens is 3. The fourth-order valence-corrected chi connectivity index (χ4v) is 1.93. The van der Waals surface area contributed by atoms with Crippen molar-refractivity contribution in [2.45, 2.75) is 32.4 Å². The van der Waals surface area contributed by atoms with Crippen molar-refractivity contribution in [3.05, 3.63) is 0 Å². The summed E-state index contributed by atoms with van der Waals surface area (Å²) in [6.07, 6.45) is -1.54. The number of nitrogens with one attached hydrogen (secondary N) is 1. The van der Waals surface area contributed by atoms with Crippen LogP contribution in [0.25, 0.3) is 0 Å². The zero-order chi connectivity index (χ0) is 15.3. The van der Waals surface area contributed by atoms with Gasteiger partial charge in [0.1, 0.15) is 0 Å². The molecule has 0 atom stereocenters. The first kappa shape index (κ1) is 15.6. The van der Waals surface area contributed by atoms with Crippen molar-refractivity contribution in [1.82, 2.24) is 15.0 Å². The molecule has 1 fully saturated rings. The monoisotopic (exact) mass is 305 g/mol. The summed E-state index contributed by atoms with van der Waals surface area (Å²) >= 11 is 0. The highest BCUT2D eigenvalue weighted by molar-refractivity contribution is 5.39. The van der Waals surface area contributed by atoms with Gasteiger partial charge in [0, 0.05) is 19.6 Å². The van der Waals surface area contributed by atoms with Crippen molar-refractivity contribution in [3.63, 3.8) is 0 Å². The van der Waals surface area contributed by atoms with Crippen LogP contribution in [-0.4, -0.2) is 47.4 Å². The maximum absolute atomic E-state index is 12.2. The average molecular weight is 305 g/mol. The van der Waals surface area contributed by atoms with Gasteiger partial charge < -0.3 is 15.0 Å². The molecule has 0 unspecified atom stereocenters. The average Bonchev–Trinajstić information content (AvgIpc) is 2.96. The molecule has 1 aromatic heterocycles. The number of rotatable bonds is 6. The van der Waals surface area contributed by atoms with Crippen molar-refractivity contribution in [3.8, 4) is 6.01 Å². The fraction of sp³-hybridized carbons (Fsp3) is 0.750. The van der Waals surface area contributed by atoms with E-state index >= 15 is 0 Å². The van der Waals surface area contributed by atoms with Crippen LogP contribution in [-0.2, 0) is 0 Å². The van der Waals surface area contributed by atoms with Crippen LogP contribution in [0, 0.1) is 0 Å². The Morgan fingerprint density at radius 2 is 1.90 bits per heavy atom. The Hall–Kier alpha value is -1.80. The van der Waals surface area contributed by atoms with E-state index in [1.165, 1.54) is 0 Å². The van der Waals surface area contributed by atoms with Crippen molar-refractivity contribution in [1.29, 1.82) is 0 Å². The maximum atomic E-state index is 12.2. The van der Waals surface area contributed by atoms with Crippen LogP contribution in [0.1, 0.15) is 26.2 Å². The standard InChI is InChI=1S/C12H18F3N5O/c1-2-5-16-9-17-10(20-6-3-4-7-20)19-11(18-9)21-8-12(13,14)15/h2-8H2,1H3,(H,16,17,18,19). The molecule has 0 bridgehead atoms. The van der Waals surface area contributed by atoms with Crippen molar-refractivity contribution >= 4 is 11.9 Å². The summed E-state index contributed by atoms with van der Waals surface area (Å²) in [5.74, 6) is 0.601. The minimum atomic E-state index is -4.42. The van der Waals surface area contributed by atoms with Gasteiger partial charge in [0.15, 0.2) is 6.61 Å². The lowest BCUT2D eigenvalue weighted by atomic mass is 10.4. The summed E-state index contributed by atoms with van der Waals surface area (Å²) in [6, 6.07) is -0.303. The van der Waals surface area contributed by atoms with E-state index in [1.54, 1.807) is 0 Å². The second kappa shape index (κ2) is 6.77. The maximum Gasteiger partial charge on any atom is 0.422 e. The molecule has 0 spiro atoms. The largest absolute Gasteiger partial charge is 0.454 e. The van der Waals surface area contributed by atoms with Gasteiger partial charge in [-0.1, -0.05) is 6.92 Å². The molecular formula is C12H18F3N5O. The fourth-order valence-electron chi connectivity index (χ4n) is 1.93. The van der Waals surface area contributed by atoms with Gasteiger partial charge in [-0.15, -0.1) is 0 Å². The first-order valence-electron chi connectivity index (χ1n) is 6.92. The van der Waals surface area contributed by atoms with Crippen LogP contribution in [0.5, 0.6) is 6.01 Å². The van der Waals surface area contributed by atoms with Crippen LogP contribution < -0.4 is 15.0 Å². The third-order valence-corrected chi connectivity index (χ3v) is 2.89. The predicted octanol–water partition coefficient (Wildman–Crippen LogP) is 2.23. The second-order valence-corrected chi connectivity index (χ2v) is 4.77. The van der Waals surface area contributed by atoms with Gasteiger partial charge in [-0.25, -0.2) is 0 Å². The Labute approximate surface area is 120 Å². The second-order valence-electron chi connectivity index (χ2n) is 4.77. The highest BCUT2D eigenvalue weighted by Crippen LogP contribution is 2.21. The molecule has 0 aromatic carbocycles. The van der Waals surface area contributed by atoms with E-state index in [-0.39, 0.29) is 12.0 Å². The molecule has 0 aliphatic carbocycles. The van der Waals surface area contributed by atoms with Crippen LogP contribution in [0.15, 0.2) is 0 Å². The third kappa shape index (κ3) is 4.91. The molecule has 2 heterocycles. The van der Waals surface area contributed by atoms with Crippen molar-refractivity contribution < 1.29 is 17.9 Å². The van der Waals surface area contributed by atoms with Gasteiger partial charge >= 0.3 is 12.2 Å². The smallest absolute Gasteiger partial charge is 0.422 e. The Morgan fingerprint density at radius 3 is 2.52 bits per heavy atom. The molecule has 6 nitrogen and oxygen atoms in total. The Kier molecular flexibility index (Phi) is 5.03. The number of aromatic nitrogens is 3. The molecule has 1 N–H and O–H groups in total. The summed E-state index contributed by atoms with van der Waals surface area (Å²) in [5.41, 5.74) is 0. The molecule has 0 saturated carbocycles. The molecule has 0 radical (unpaired) electrons. The normalized spacial score (nSPS) is 15.3. The highest BCUT2D eigenvalue weighted by Gasteiger charge is 2.29. The van der Waals surface area contributed by atoms with Crippen molar-refractivity contribution in [2.24, 2.45) is 0 Å². The first-order valence-corrected chi connectivity index (χ1v) is 6.92. The van der Waals surface area contributed by atoms with Gasteiger partial charge in [-0.3, -0.25) is 0 Å².